The monoisotopic (exact) mass is 835 g/mol. The molecule has 1 aliphatic carbocycles. The molecule has 2 aromatic heterocycles. The molecule has 17 heteroatoms. The molecule has 4 aromatic rings. The molecular formula is C42H54ClN7O9. The second kappa shape index (κ2) is 22.5. The van der Waals surface area contributed by atoms with E-state index in [9.17, 15) is 19.2 Å². The Kier molecular flexibility index (Phi) is 17.6. The fraction of sp³-hybridized carbons (Fsp3) is 0.452. The lowest BCUT2D eigenvalue weighted by Gasteiger charge is -2.24. The highest BCUT2D eigenvalue weighted by molar-refractivity contribution is 6.02. The number of nitrogens with one attached hydrogen (secondary N) is 4. The minimum absolute atomic E-state index is 0. The van der Waals surface area contributed by atoms with Gasteiger partial charge in [0, 0.05) is 25.1 Å². The number of likely N-dealkylation sites (N-methyl/N-ethyl adjacent to an activating group) is 1. The van der Waals surface area contributed by atoms with Crippen molar-refractivity contribution in [3.63, 3.8) is 0 Å². The van der Waals surface area contributed by atoms with E-state index in [1.54, 1.807) is 27.8 Å². The van der Waals surface area contributed by atoms with Gasteiger partial charge in [0.05, 0.1) is 32.8 Å². The van der Waals surface area contributed by atoms with Crippen molar-refractivity contribution in [2.45, 2.75) is 89.1 Å². The summed E-state index contributed by atoms with van der Waals surface area (Å²) in [5.41, 5.74) is 0.986. The number of benzene rings is 2. The number of amides is 3. The van der Waals surface area contributed by atoms with E-state index in [0.29, 0.717) is 30.7 Å². The molecule has 0 spiro atoms. The van der Waals surface area contributed by atoms with Gasteiger partial charge in [0.2, 0.25) is 23.6 Å². The number of nitrogens with zero attached hydrogens (tertiary/aromatic N) is 3. The van der Waals surface area contributed by atoms with E-state index in [1.165, 1.54) is 19.4 Å². The molecule has 1 fully saturated rings. The third kappa shape index (κ3) is 14.9. The fourth-order valence-corrected chi connectivity index (χ4v) is 5.89. The average Bonchev–Trinajstić information content (AvgIpc) is 3.95. The lowest BCUT2D eigenvalue weighted by molar-refractivity contribution is -0.156. The van der Waals surface area contributed by atoms with Crippen molar-refractivity contribution in [2.24, 2.45) is 0 Å². The van der Waals surface area contributed by atoms with E-state index in [0.717, 1.165) is 24.0 Å². The Morgan fingerprint density at radius 2 is 1.59 bits per heavy atom. The van der Waals surface area contributed by atoms with Gasteiger partial charge in [-0.15, -0.1) is 12.4 Å². The maximum absolute atomic E-state index is 14.1. The summed E-state index contributed by atoms with van der Waals surface area (Å²) in [5, 5.41) is 15.5. The smallest absolute Gasteiger partial charge is 0.308 e. The molecule has 59 heavy (non-hydrogen) atoms. The normalized spacial score (nSPS) is 13.8. The van der Waals surface area contributed by atoms with Gasteiger partial charge in [0.15, 0.2) is 5.82 Å². The predicted octanol–water partition coefficient (Wildman–Crippen LogP) is 3.87. The molecule has 3 amide bonds. The van der Waals surface area contributed by atoms with Gasteiger partial charge in [0.1, 0.15) is 35.6 Å². The van der Waals surface area contributed by atoms with E-state index >= 15 is 0 Å². The van der Waals surface area contributed by atoms with Crippen LogP contribution in [0.2, 0.25) is 0 Å². The Hall–Kier alpha value is -5.58. The van der Waals surface area contributed by atoms with Crippen LogP contribution in [-0.2, 0) is 43.3 Å². The summed E-state index contributed by atoms with van der Waals surface area (Å²) in [4.78, 5) is 62.7. The van der Waals surface area contributed by atoms with Crippen molar-refractivity contribution in [1.29, 1.82) is 0 Å². The molecule has 0 aliphatic heterocycles. The SMILES string of the molecule is CNC(COCc1ccccc1)C(=O)NC(COc1ccnc(OC)c1C(=O)NC(CC(=O)OC(C)(C)C)C(=O)NCCc1nc(C2CC2)no1)Cc1ccccc1.Cl. The van der Waals surface area contributed by atoms with Crippen LogP contribution in [0.25, 0.3) is 0 Å². The highest BCUT2D eigenvalue weighted by atomic mass is 35.5. The minimum atomic E-state index is -1.35. The van der Waals surface area contributed by atoms with Gasteiger partial charge in [-0.25, -0.2) is 4.98 Å². The van der Waals surface area contributed by atoms with Gasteiger partial charge in [-0.05, 0) is 64.3 Å². The lowest BCUT2D eigenvalue weighted by Crippen LogP contribution is -2.51. The number of rotatable bonds is 22. The van der Waals surface area contributed by atoms with E-state index < -0.39 is 47.9 Å². The summed E-state index contributed by atoms with van der Waals surface area (Å²) in [5.74, 6) is -1.09. The van der Waals surface area contributed by atoms with Crippen molar-refractivity contribution in [1.82, 2.24) is 36.4 Å². The third-order valence-corrected chi connectivity index (χ3v) is 8.95. The number of esters is 1. The summed E-state index contributed by atoms with van der Waals surface area (Å²) in [6, 6.07) is 18.2. The second-order valence-electron chi connectivity index (χ2n) is 14.9. The predicted molar refractivity (Wildman–Crippen MR) is 219 cm³/mol. The second-order valence-corrected chi connectivity index (χ2v) is 14.9. The zero-order chi connectivity index (χ0) is 41.5. The molecule has 2 heterocycles. The molecule has 318 valence electrons. The van der Waals surface area contributed by atoms with E-state index in [4.69, 9.17) is 23.5 Å². The molecule has 16 nitrogen and oxygen atoms in total. The topological polar surface area (TPSA) is 205 Å². The number of pyridine rings is 1. The first kappa shape index (κ1) is 46.1. The number of hydrogen-bond acceptors (Lipinski definition) is 13. The molecule has 3 atom stereocenters. The van der Waals surface area contributed by atoms with Gasteiger partial charge < -0.3 is 44.7 Å². The van der Waals surface area contributed by atoms with Crippen molar-refractivity contribution in [3.8, 4) is 11.6 Å². The molecule has 1 aliphatic rings. The first-order valence-corrected chi connectivity index (χ1v) is 19.3. The van der Waals surface area contributed by atoms with E-state index in [1.807, 2.05) is 60.7 Å². The first-order valence-electron chi connectivity index (χ1n) is 19.3. The number of carbonyl (C=O) groups excluding carboxylic acids is 4. The van der Waals surface area contributed by atoms with Crippen LogP contribution in [0.4, 0.5) is 0 Å². The van der Waals surface area contributed by atoms with Crippen molar-refractivity contribution in [2.75, 3.05) is 33.9 Å². The van der Waals surface area contributed by atoms with Crippen LogP contribution in [0.1, 0.15) is 79.2 Å². The maximum Gasteiger partial charge on any atom is 0.308 e. The lowest BCUT2D eigenvalue weighted by atomic mass is 10.1. The number of methoxy groups -OCH3 is 1. The van der Waals surface area contributed by atoms with Gasteiger partial charge in [-0.3, -0.25) is 19.2 Å². The molecule has 3 unspecified atom stereocenters. The van der Waals surface area contributed by atoms with Crippen LogP contribution < -0.4 is 30.7 Å². The number of carbonyl (C=O) groups is 4. The molecule has 5 rings (SSSR count). The number of aromatic nitrogens is 3. The van der Waals surface area contributed by atoms with E-state index in [2.05, 4.69) is 36.4 Å². The highest BCUT2D eigenvalue weighted by Gasteiger charge is 2.32. The van der Waals surface area contributed by atoms with Crippen molar-refractivity contribution in [3.05, 3.63) is 101 Å². The quantitative estimate of drug-likeness (QED) is 0.0832. The number of ether oxygens (including phenoxy) is 4. The Labute approximate surface area is 350 Å². The highest BCUT2D eigenvalue weighted by Crippen LogP contribution is 2.38. The largest absolute Gasteiger partial charge is 0.490 e. The van der Waals surface area contributed by atoms with Crippen molar-refractivity contribution < 1.29 is 42.6 Å². The average molecular weight is 836 g/mol. The van der Waals surface area contributed by atoms with Crippen LogP contribution in [0.5, 0.6) is 11.6 Å². The van der Waals surface area contributed by atoms with E-state index in [-0.39, 0.29) is 61.7 Å². The summed E-state index contributed by atoms with van der Waals surface area (Å²) in [6.07, 6.45) is 3.64. The van der Waals surface area contributed by atoms with Gasteiger partial charge in [0.25, 0.3) is 5.91 Å². The van der Waals surface area contributed by atoms with Crippen LogP contribution in [0, 0.1) is 0 Å². The standard InChI is InChI=1S/C42H53N7O9.ClH/c1-42(2,3)57-35(50)23-31(38(51)44-21-19-34-48-37(49-58-34)29-16-17-29)47-40(53)36-33(18-20-45-41(36)54-5)56-25-30(22-27-12-8-6-9-13-27)46-39(52)32(43-4)26-55-24-28-14-10-7-11-15-28;/h6-15,18,20,29-32,43H,16-17,19,21-26H2,1-5H3,(H,44,51)(H,46,52)(H,47,53);1H. The molecular weight excluding hydrogens is 782 g/mol. The summed E-state index contributed by atoms with van der Waals surface area (Å²) in [6.45, 7) is 5.63. The minimum Gasteiger partial charge on any atom is -0.490 e. The Morgan fingerprint density at radius 1 is 0.898 bits per heavy atom. The molecule has 0 radical (unpaired) electrons. The molecule has 1 saturated carbocycles. The zero-order valence-electron chi connectivity index (χ0n) is 34.0. The molecule has 0 saturated heterocycles. The summed E-state index contributed by atoms with van der Waals surface area (Å²) < 4.78 is 28.3. The van der Waals surface area contributed by atoms with Gasteiger partial charge in [-0.1, -0.05) is 65.8 Å². The molecule has 0 bridgehead atoms. The number of halogens is 1. The molecule has 2 aromatic carbocycles. The van der Waals surface area contributed by atoms with Crippen LogP contribution in [0.15, 0.2) is 77.4 Å². The van der Waals surface area contributed by atoms with Gasteiger partial charge in [-0.2, -0.15) is 4.98 Å². The third-order valence-electron chi connectivity index (χ3n) is 8.95. The summed E-state index contributed by atoms with van der Waals surface area (Å²) >= 11 is 0. The summed E-state index contributed by atoms with van der Waals surface area (Å²) in [7, 11) is 3.03. The Balaban J connectivity index is 0.00000769. The Morgan fingerprint density at radius 3 is 2.24 bits per heavy atom. The van der Waals surface area contributed by atoms with Gasteiger partial charge >= 0.3 is 5.97 Å². The Bertz CT molecular complexity index is 1960. The van der Waals surface area contributed by atoms with Crippen molar-refractivity contribution >= 4 is 36.1 Å². The zero-order valence-corrected chi connectivity index (χ0v) is 34.8. The number of hydrogen-bond donors (Lipinski definition) is 4. The van der Waals surface area contributed by atoms with Crippen LogP contribution >= 0.6 is 12.4 Å². The molecule has 4 N–H and O–H groups in total. The van der Waals surface area contributed by atoms with Crippen LogP contribution in [-0.4, -0.2) is 96.5 Å². The fourth-order valence-electron chi connectivity index (χ4n) is 5.89. The van der Waals surface area contributed by atoms with Crippen LogP contribution in [0.3, 0.4) is 0 Å². The first-order chi connectivity index (χ1) is 27.9. The maximum atomic E-state index is 14.1.